The topological polar surface area (TPSA) is 68.0 Å². The maximum absolute atomic E-state index is 12.8. The molecule has 0 atom stereocenters. The van der Waals surface area contributed by atoms with Crippen molar-refractivity contribution in [3.8, 4) is 11.5 Å². The second-order valence-corrected chi connectivity index (χ2v) is 6.68. The van der Waals surface area contributed by atoms with Gasteiger partial charge in [0.1, 0.15) is 5.69 Å². The van der Waals surface area contributed by atoms with Gasteiger partial charge in [0.25, 0.3) is 0 Å². The normalized spacial score (nSPS) is 10.8. The smallest absolute Gasteiger partial charge is 0.221 e. The second-order valence-electron chi connectivity index (χ2n) is 6.68. The minimum Gasteiger partial charge on any atom is -0.463 e. The van der Waals surface area contributed by atoms with Gasteiger partial charge in [-0.2, -0.15) is 0 Å². The summed E-state index contributed by atoms with van der Waals surface area (Å²) in [7, 11) is 0. The van der Waals surface area contributed by atoms with Gasteiger partial charge in [-0.15, -0.1) is 0 Å². The third-order valence-corrected chi connectivity index (χ3v) is 4.77. The predicted octanol–water partition coefficient (Wildman–Crippen LogP) is 4.58. The molecular weight excluding hydrogens is 362 g/mol. The summed E-state index contributed by atoms with van der Waals surface area (Å²) in [6.07, 6.45) is 5.18. The van der Waals surface area contributed by atoms with Crippen molar-refractivity contribution in [2.45, 2.75) is 18.9 Å². The van der Waals surface area contributed by atoms with Gasteiger partial charge in [-0.25, -0.2) is 4.98 Å². The van der Waals surface area contributed by atoms with Crippen LogP contribution in [0.2, 0.25) is 0 Å². The van der Waals surface area contributed by atoms with E-state index in [0.717, 1.165) is 11.1 Å². The zero-order chi connectivity index (χ0) is 19.9. The molecule has 2 heterocycles. The van der Waals surface area contributed by atoms with E-state index in [1.807, 2.05) is 42.5 Å². The molecule has 0 saturated heterocycles. The molecule has 1 amide bonds. The fraction of sp³-hybridized carbons (Fsp3) is 0.125. The average Bonchev–Trinajstić information content (AvgIpc) is 3.32. The molecule has 5 nitrogen and oxygen atoms in total. The summed E-state index contributed by atoms with van der Waals surface area (Å²) in [5, 5.41) is 2.99. The molecule has 4 aromatic rings. The number of benzene rings is 2. The second kappa shape index (κ2) is 8.97. The van der Waals surface area contributed by atoms with E-state index in [-0.39, 0.29) is 11.8 Å². The van der Waals surface area contributed by atoms with Crippen molar-refractivity contribution < 1.29 is 9.21 Å². The maximum Gasteiger partial charge on any atom is 0.221 e. The van der Waals surface area contributed by atoms with Crippen molar-refractivity contribution in [1.29, 1.82) is 0 Å². The van der Waals surface area contributed by atoms with E-state index in [9.17, 15) is 4.79 Å². The molecule has 5 heteroatoms. The van der Waals surface area contributed by atoms with Crippen LogP contribution in [0.5, 0.6) is 0 Å². The number of carbonyl (C=O) groups is 1. The molecule has 2 aromatic heterocycles. The first-order valence-electron chi connectivity index (χ1n) is 9.51. The number of amides is 1. The van der Waals surface area contributed by atoms with Crippen molar-refractivity contribution in [3.63, 3.8) is 0 Å². The lowest BCUT2D eigenvalue weighted by Gasteiger charge is -2.18. The molecule has 29 heavy (non-hydrogen) atoms. The molecule has 0 spiro atoms. The first-order valence-corrected chi connectivity index (χ1v) is 9.51. The highest BCUT2D eigenvalue weighted by Gasteiger charge is 2.19. The molecule has 0 radical (unpaired) electrons. The quantitative estimate of drug-likeness (QED) is 0.507. The number of carbonyl (C=O) groups excluding carboxylic acids is 1. The van der Waals surface area contributed by atoms with Crippen LogP contribution in [0.25, 0.3) is 11.5 Å². The summed E-state index contributed by atoms with van der Waals surface area (Å²) < 4.78 is 5.43. The van der Waals surface area contributed by atoms with Gasteiger partial charge in [0.15, 0.2) is 5.76 Å². The van der Waals surface area contributed by atoms with Crippen molar-refractivity contribution >= 4 is 5.91 Å². The number of aromatic nitrogens is 2. The van der Waals surface area contributed by atoms with Crippen molar-refractivity contribution in [1.82, 2.24) is 15.3 Å². The lowest BCUT2D eigenvalue weighted by molar-refractivity contribution is -0.121. The Morgan fingerprint density at radius 2 is 1.52 bits per heavy atom. The van der Waals surface area contributed by atoms with Gasteiger partial charge >= 0.3 is 0 Å². The van der Waals surface area contributed by atoms with Crippen LogP contribution in [-0.4, -0.2) is 15.9 Å². The third-order valence-electron chi connectivity index (χ3n) is 4.77. The average molecular weight is 383 g/mol. The highest BCUT2D eigenvalue weighted by molar-refractivity contribution is 5.77. The highest BCUT2D eigenvalue weighted by atomic mass is 16.3. The van der Waals surface area contributed by atoms with Crippen LogP contribution in [0, 0.1) is 0 Å². The number of furan rings is 1. The van der Waals surface area contributed by atoms with Crippen LogP contribution in [-0.2, 0) is 11.3 Å². The predicted molar refractivity (Wildman–Crippen MR) is 111 cm³/mol. The molecule has 2 aromatic carbocycles. The van der Waals surface area contributed by atoms with Gasteiger partial charge in [0.2, 0.25) is 5.91 Å². The van der Waals surface area contributed by atoms with Crippen molar-refractivity contribution in [3.05, 3.63) is 108 Å². The van der Waals surface area contributed by atoms with Crippen LogP contribution in [0.15, 0.2) is 95.9 Å². The minimum atomic E-state index is -0.0428. The van der Waals surface area contributed by atoms with E-state index in [1.165, 1.54) is 0 Å². The standard InChI is InChI=1S/C24H21N3O2/c28-23(27-17-21-24(26-14-13-25-21)22-12-7-15-29-22)16-20(18-8-3-1-4-9-18)19-10-5-2-6-11-19/h1-15,20H,16-17H2,(H,27,28). The van der Waals surface area contributed by atoms with E-state index in [2.05, 4.69) is 39.6 Å². The Balaban J connectivity index is 1.49. The molecule has 1 N–H and O–H groups in total. The third kappa shape index (κ3) is 4.58. The van der Waals surface area contributed by atoms with Crippen LogP contribution in [0.1, 0.15) is 29.2 Å². The zero-order valence-corrected chi connectivity index (χ0v) is 15.9. The zero-order valence-electron chi connectivity index (χ0n) is 15.9. The van der Waals surface area contributed by atoms with E-state index in [1.54, 1.807) is 24.7 Å². The molecule has 0 bridgehead atoms. The van der Waals surface area contributed by atoms with Crippen LogP contribution < -0.4 is 5.32 Å². The SMILES string of the molecule is O=C(CC(c1ccccc1)c1ccccc1)NCc1nccnc1-c1ccco1. The monoisotopic (exact) mass is 383 g/mol. The molecule has 144 valence electrons. The molecule has 4 rings (SSSR count). The Hall–Kier alpha value is -3.73. The summed E-state index contributed by atoms with van der Waals surface area (Å²) >= 11 is 0. The number of rotatable bonds is 7. The molecule has 0 saturated carbocycles. The Morgan fingerprint density at radius 1 is 0.862 bits per heavy atom. The van der Waals surface area contributed by atoms with E-state index < -0.39 is 0 Å². The maximum atomic E-state index is 12.8. The summed E-state index contributed by atoms with van der Waals surface area (Å²) in [6, 6.07) is 23.8. The van der Waals surface area contributed by atoms with Gasteiger partial charge in [-0.05, 0) is 23.3 Å². The molecule has 0 aliphatic carbocycles. The number of nitrogens with zero attached hydrogens (tertiary/aromatic N) is 2. The Morgan fingerprint density at radius 3 is 2.14 bits per heavy atom. The summed E-state index contributed by atoms with van der Waals surface area (Å²) in [6.45, 7) is 0.291. The summed E-state index contributed by atoms with van der Waals surface area (Å²) in [5.41, 5.74) is 3.54. The number of hydrogen-bond donors (Lipinski definition) is 1. The largest absolute Gasteiger partial charge is 0.463 e. The lowest BCUT2D eigenvalue weighted by atomic mass is 9.88. The van der Waals surface area contributed by atoms with E-state index in [4.69, 9.17) is 4.42 Å². The van der Waals surface area contributed by atoms with Gasteiger partial charge in [0.05, 0.1) is 18.5 Å². The van der Waals surface area contributed by atoms with Gasteiger partial charge in [-0.1, -0.05) is 60.7 Å². The molecule has 0 aliphatic heterocycles. The Kier molecular flexibility index (Phi) is 5.76. The van der Waals surface area contributed by atoms with Gasteiger partial charge in [0, 0.05) is 24.7 Å². The minimum absolute atomic E-state index is 0.0104. The van der Waals surface area contributed by atoms with Crippen LogP contribution in [0.3, 0.4) is 0 Å². The first kappa shape index (κ1) is 18.6. The van der Waals surface area contributed by atoms with Crippen molar-refractivity contribution in [2.24, 2.45) is 0 Å². The van der Waals surface area contributed by atoms with Gasteiger partial charge in [-0.3, -0.25) is 9.78 Å². The molecule has 0 unspecified atom stereocenters. The fourth-order valence-electron chi connectivity index (χ4n) is 3.35. The van der Waals surface area contributed by atoms with E-state index in [0.29, 0.717) is 30.1 Å². The van der Waals surface area contributed by atoms with Crippen molar-refractivity contribution in [2.75, 3.05) is 0 Å². The molecular formula is C24H21N3O2. The Labute approximate surface area is 169 Å². The number of nitrogens with one attached hydrogen (secondary N) is 1. The van der Waals surface area contributed by atoms with Gasteiger partial charge < -0.3 is 9.73 Å². The summed E-state index contributed by atoms with van der Waals surface area (Å²) in [5.74, 6) is 0.580. The molecule has 0 aliphatic rings. The van der Waals surface area contributed by atoms with Crippen LogP contribution in [0.4, 0.5) is 0 Å². The highest BCUT2D eigenvalue weighted by Crippen LogP contribution is 2.28. The Bertz CT molecular complexity index is 1010. The fourth-order valence-corrected chi connectivity index (χ4v) is 3.35. The first-order chi connectivity index (χ1) is 14.3. The number of hydrogen-bond acceptors (Lipinski definition) is 4. The molecule has 0 fully saturated rings. The lowest BCUT2D eigenvalue weighted by Crippen LogP contribution is -2.25. The van der Waals surface area contributed by atoms with Crippen LogP contribution >= 0.6 is 0 Å². The summed E-state index contributed by atoms with van der Waals surface area (Å²) in [4.78, 5) is 21.5. The van der Waals surface area contributed by atoms with E-state index >= 15 is 0 Å².